The van der Waals surface area contributed by atoms with Crippen molar-refractivity contribution in [2.45, 2.75) is 4.90 Å². The summed E-state index contributed by atoms with van der Waals surface area (Å²) in [5.74, 6) is -0.399. The van der Waals surface area contributed by atoms with Crippen LogP contribution in [0.25, 0.3) is 0 Å². The molecule has 1 aromatic rings. The maximum absolute atomic E-state index is 12.7. The molecule has 1 aromatic carbocycles. The number of rotatable bonds is 3. The van der Waals surface area contributed by atoms with Gasteiger partial charge in [0.15, 0.2) is 0 Å². The first-order valence-electron chi connectivity index (χ1n) is 3.69. The minimum Gasteiger partial charge on any atom is -0.398 e. The van der Waals surface area contributed by atoms with Gasteiger partial charge in [-0.3, -0.25) is 4.21 Å². The Kier molecular flexibility index (Phi) is 3.39. The molecule has 0 amide bonds. The number of hydrogen-bond donors (Lipinski definition) is 2. The summed E-state index contributed by atoms with van der Waals surface area (Å²) in [6.07, 6.45) is 0. The van der Waals surface area contributed by atoms with E-state index in [1.165, 1.54) is 12.1 Å². The molecular weight excluding hydrogens is 193 g/mol. The van der Waals surface area contributed by atoms with Crippen molar-refractivity contribution in [3.8, 4) is 0 Å². The number of anilines is 1. The van der Waals surface area contributed by atoms with Gasteiger partial charge < -0.3 is 10.8 Å². The van der Waals surface area contributed by atoms with Crippen molar-refractivity contribution < 1.29 is 13.7 Å². The summed E-state index contributed by atoms with van der Waals surface area (Å²) in [5, 5.41) is 8.53. The van der Waals surface area contributed by atoms with Gasteiger partial charge in [-0.25, -0.2) is 4.39 Å². The standard InChI is InChI=1S/C8H10FNO2S/c9-6-1-2-7(10)8(5-6)13(12)4-3-11/h1-2,5,11H,3-4,10H2. The Hall–Kier alpha value is -0.940. The monoisotopic (exact) mass is 203 g/mol. The summed E-state index contributed by atoms with van der Waals surface area (Å²) in [6, 6.07) is 3.69. The van der Waals surface area contributed by atoms with Crippen LogP contribution in [-0.4, -0.2) is 21.7 Å². The highest BCUT2D eigenvalue weighted by molar-refractivity contribution is 7.85. The molecule has 13 heavy (non-hydrogen) atoms. The van der Waals surface area contributed by atoms with Crippen LogP contribution in [0.1, 0.15) is 0 Å². The Labute approximate surface area is 77.8 Å². The number of halogens is 1. The summed E-state index contributed by atoms with van der Waals surface area (Å²) in [4.78, 5) is 0.244. The maximum atomic E-state index is 12.7. The molecule has 3 N–H and O–H groups in total. The molecule has 0 aromatic heterocycles. The number of nitrogen functional groups attached to an aromatic ring is 1. The molecule has 0 spiro atoms. The van der Waals surface area contributed by atoms with Crippen molar-refractivity contribution in [1.29, 1.82) is 0 Å². The number of hydrogen-bond acceptors (Lipinski definition) is 3. The average Bonchev–Trinajstić information content (AvgIpc) is 2.09. The van der Waals surface area contributed by atoms with Crippen LogP contribution in [0.3, 0.4) is 0 Å². The number of nitrogens with two attached hydrogens (primary N) is 1. The molecule has 0 bridgehead atoms. The molecule has 3 nitrogen and oxygen atoms in total. The van der Waals surface area contributed by atoms with Gasteiger partial charge in [-0.2, -0.15) is 0 Å². The summed E-state index contributed by atoms with van der Waals surface area (Å²) >= 11 is 0. The smallest absolute Gasteiger partial charge is 0.124 e. The second kappa shape index (κ2) is 4.34. The second-order valence-corrected chi connectivity index (χ2v) is 3.99. The molecule has 0 saturated carbocycles. The van der Waals surface area contributed by atoms with E-state index >= 15 is 0 Å². The minimum absolute atomic E-state index is 0.0770. The van der Waals surface area contributed by atoms with Crippen LogP contribution in [-0.2, 0) is 10.8 Å². The topological polar surface area (TPSA) is 63.3 Å². The zero-order chi connectivity index (χ0) is 9.84. The van der Waals surface area contributed by atoms with Gasteiger partial charge in [-0.1, -0.05) is 0 Å². The predicted molar refractivity (Wildman–Crippen MR) is 49.2 cm³/mol. The molecule has 0 aliphatic carbocycles. The maximum Gasteiger partial charge on any atom is 0.124 e. The van der Waals surface area contributed by atoms with Gasteiger partial charge in [0, 0.05) is 5.69 Å². The Morgan fingerprint density at radius 3 is 2.85 bits per heavy atom. The highest BCUT2D eigenvalue weighted by atomic mass is 32.2. The van der Waals surface area contributed by atoms with E-state index in [1.54, 1.807) is 0 Å². The third-order valence-electron chi connectivity index (χ3n) is 1.50. The molecule has 0 radical (unpaired) electrons. The van der Waals surface area contributed by atoms with Gasteiger partial charge in [0.1, 0.15) is 5.82 Å². The zero-order valence-electron chi connectivity index (χ0n) is 6.87. The summed E-state index contributed by atoms with van der Waals surface area (Å²) < 4.78 is 24.0. The van der Waals surface area contributed by atoms with Crippen molar-refractivity contribution in [2.24, 2.45) is 0 Å². The fourth-order valence-electron chi connectivity index (χ4n) is 0.898. The molecule has 1 atom stereocenters. The van der Waals surface area contributed by atoms with E-state index in [4.69, 9.17) is 10.8 Å². The largest absolute Gasteiger partial charge is 0.398 e. The highest BCUT2D eigenvalue weighted by Gasteiger charge is 2.08. The Bertz CT molecular complexity index is 330. The van der Waals surface area contributed by atoms with Crippen molar-refractivity contribution in [1.82, 2.24) is 0 Å². The second-order valence-electron chi connectivity index (χ2n) is 2.46. The fourth-order valence-corrected chi connectivity index (χ4v) is 1.86. The van der Waals surface area contributed by atoms with Crippen molar-refractivity contribution in [3.63, 3.8) is 0 Å². The van der Waals surface area contributed by atoms with E-state index in [-0.39, 0.29) is 22.9 Å². The van der Waals surface area contributed by atoms with Crippen LogP contribution < -0.4 is 5.73 Å². The third kappa shape index (κ3) is 2.50. The van der Waals surface area contributed by atoms with E-state index in [9.17, 15) is 8.60 Å². The number of benzene rings is 1. The van der Waals surface area contributed by atoms with Crippen LogP contribution in [0.15, 0.2) is 23.1 Å². The van der Waals surface area contributed by atoms with Crippen LogP contribution in [0.4, 0.5) is 10.1 Å². The van der Waals surface area contributed by atoms with E-state index in [1.807, 2.05) is 0 Å². The van der Waals surface area contributed by atoms with Gasteiger partial charge in [0.05, 0.1) is 28.1 Å². The molecule has 0 aliphatic rings. The van der Waals surface area contributed by atoms with E-state index in [0.29, 0.717) is 0 Å². The van der Waals surface area contributed by atoms with Gasteiger partial charge >= 0.3 is 0 Å². The summed E-state index contributed by atoms with van der Waals surface area (Å²) in [5.41, 5.74) is 5.76. The number of aliphatic hydroxyl groups is 1. The average molecular weight is 203 g/mol. The van der Waals surface area contributed by atoms with Gasteiger partial charge in [0.25, 0.3) is 0 Å². The lowest BCUT2D eigenvalue weighted by atomic mass is 10.3. The zero-order valence-corrected chi connectivity index (χ0v) is 7.68. The highest BCUT2D eigenvalue weighted by Crippen LogP contribution is 2.17. The normalized spacial score (nSPS) is 12.8. The predicted octanol–water partition coefficient (Wildman–Crippen LogP) is 0.508. The van der Waals surface area contributed by atoms with Crippen molar-refractivity contribution >= 4 is 16.5 Å². The van der Waals surface area contributed by atoms with Crippen molar-refractivity contribution in [2.75, 3.05) is 18.1 Å². The first kappa shape index (κ1) is 10.1. The molecule has 1 unspecified atom stereocenters. The van der Waals surface area contributed by atoms with Gasteiger partial charge in [-0.05, 0) is 18.2 Å². The fraction of sp³-hybridized carbons (Fsp3) is 0.250. The first-order valence-corrected chi connectivity index (χ1v) is 5.01. The van der Waals surface area contributed by atoms with Gasteiger partial charge in [-0.15, -0.1) is 0 Å². The Morgan fingerprint density at radius 1 is 1.54 bits per heavy atom. The van der Waals surface area contributed by atoms with Gasteiger partial charge in [0.2, 0.25) is 0 Å². The lowest BCUT2D eigenvalue weighted by Gasteiger charge is -2.03. The molecular formula is C8H10FNO2S. The van der Waals surface area contributed by atoms with Crippen LogP contribution in [0, 0.1) is 5.82 Å². The van der Waals surface area contributed by atoms with Crippen molar-refractivity contribution in [3.05, 3.63) is 24.0 Å². The molecule has 5 heteroatoms. The molecule has 0 heterocycles. The lowest BCUT2D eigenvalue weighted by molar-refractivity contribution is 0.321. The summed E-state index contributed by atoms with van der Waals surface area (Å²) in [7, 11) is -1.42. The lowest BCUT2D eigenvalue weighted by Crippen LogP contribution is -2.05. The van der Waals surface area contributed by atoms with Crippen LogP contribution in [0.5, 0.6) is 0 Å². The summed E-state index contributed by atoms with van der Waals surface area (Å²) in [6.45, 7) is -0.206. The molecule has 72 valence electrons. The Morgan fingerprint density at radius 2 is 2.23 bits per heavy atom. The van der Waals surface area contributed by atoms with E-state index in [0.717, 1.165) is 6.07 Å². The first-order chi connectivity index (χ1) is 6.15. The van der Waals surface area contributed by atoms with Crippen LogP contribution in [0.2, 0.25) is 0 Å². The van der Waals surface area contributed by atoms with E-state index in [2.05, 4.69) is 0 Å². The number of aliphatic hydroxyl groups excluding tert-OH is 1. The third-order valence-corrected chi connectivity index (χ3v) is 2.90. The minimum atomic E-state index is -1.42. The van der Waals surface area contributed by atoms with E-state index < -0.39 is 16.6 Å². The molecule has 0 fully saturated rings. The van der Waals surface area contributed by atoms with Crippen LogP contribution >= 0.6 is 0 Å². The molecule has 0 aliphatic heterocycles. The Balaban J connectivity index is 2.99. The quantitative estimate of drug-likeness (QED) is 0.703. The molecule has 0 saturated heterocycles. The molecule has 1 rings (SSSR count). The SMILES string of the molecule is Nc1ccc(F)cc1S(=O)CCO.